The minimum absolute atomic E-state index is 0.00197. The number of rotatable bonds is 8. The molecular weight excluding hydrogens is 508 g/mol. The van der Waals surface area contributed by atoms with Crippen molar-refractivity contribution in [2.45, 2.75) is 102 Å². The van der Waals surface area contributed by atoms with Crippen LogP contribution in [0.5, 0.6) is 0 Å². The summed E-state index contributed by atoms with van der Waals surface area (Å²) in [6, 6.07) is 9.08. The molecule has 39 heavy (non-hydrogen) atoms. The van der Waals surface area contributed by atoms with Crippen LogP contribution >= 0.6 is 0 Å². The Hall–Kier alpha value is -3.08. The summed E-state index contributed by atoms with van der Waals surface area (Å²) in [5, 5.41) is 23.6. The SMILES string of the molecule is CCCCC(=O)O[C@@H]1C(=O)C(C)=C2[C@H]1[C@@](C)(OC(C)=O)C[C@@H](OCc1ccccc1)[C@@]1(O)[C@H]2OC(=O)[C@@]1(C)O. The zero-order valence-electron chi connectivity index (χ0n) is 22.9. The number of benzene rings is 1. The normalized spacial score (nSPS) is 35.7. The fraction of sp³-hybridized carbons (Fsp3) is 0.586. The van der Waals surface area contributed by atoms with E-state index in [4.69, 9.17) is 18.9 Å². The number of carbonyl (C=O) groups is 4. The van der Waals surface area contributed by atoms with Crippen molar-refractivity contribution in [3.05, 3.63) is 47.0 Å². The van der Waals surface area contributed by atoms with Gasteiger partial charge in [0.15, 0.2) is 29.2 Å². The zero-order valence-corrected chi connectivity index (χ0v) is 22.9. The zero-order chi connectivity index (χ0) is 28.8. The Labute approximate surface area is 227 Å². The van der Waals surface area contributed by atoms with E-state index in [2.05, 4.69) is 0 Å². The maximum atomic E-state index is 13.5. The monoisotopic (exact) mass is 544 g/mol. The van der Waals surface area contributed by atoms with Crippen LogP contribution in [-0.4, -0.2) is 69.0 Å². The number of hydrogen-bond acceptors (Lipinski definition) is 10. The molecule has 1 heterocycles. The first kappa shape index (κ1) is 28.9. The lowest BCUT2D eigenvalue weighted by Crippen LogP contribution is -2.64. The van der Waals surface area contributed by atoms with Crippen LogP contribution in [0.15, 0.2) is 41.5 Å². The summed E-state index contributed by atoms with van der Waals surface area (Å²) >= 11 is 0. The highest BCUT2D eigenvalue weighted by atomic mass is 16.6. The number of esters is 3. The Balaban J connectivity index is 1.85. The summed E-state index contributed by atoms with van der Waals surface area (Å²) in [5.41, 5.74) is -5.35. The van der Waals surface area contributed by atoms with Crippen LogP contribution in [-0.2, 0) is 44.7 Å². The molecule has 0 spiro atoms. The molecule has 0 aromatic heterocycles. The van der Waals surface area contributed by atoms with E-state index in [1.165, 1.54) is 13.8 Å². The van der Waals surface area contributed by atoms with Crippen LogP contribution in [0.25, 0.3) is 0 Å². The van der Waals surface area contributed by atoms with Gasteiger partial charge in [-0.1, -0.05) is 43.7 Å². The Morgan fingerprint density at radius 3 is 2.41 bits per heavy atom. The quantitative estimate of drug-likeness (QED) is 0.369. The van der Waals surface area contributed by atoms with E-state index in [1.807, 2.05) is 37.3 Å². The average Bonchev–Trinajstić information content (AvgIpc) is 3.19. The Kier molecular flexibility index (Phi) is 7.77. The van der Waals surface area contributed by atoms with Crippen molar-refractivity contribution in [1.29, 1.82) is 0 Å². The number of carbonyl (C=O) groups excluding carboxylic acids is 4. The van der Waals surface area contributed by atoms with E-state index in [0.717, 1.165) is 18.9 Å². The second kappa shape index (κ2) is 10.5. The van der Waals surface area contributed by atoms with Crippen LogP contribution in [0.4, 0.5) is 0 Å². The predicted octanol–water partition coefficient (Wildman–Crippen LogP) is 2.32. The minimum Gasteiger partial charge on any atom is -0.459 e. The lowest BCUT2D eigenvalue weighted by atomic mass is 9.75. The molecule has 1 saturated heterocycles. The molecule has 0 amide bonds. The fourth-order valence-electron chi connectivity index (χ4n) is 6.11. The van der Waals surface area contributed by atoms with Gasteiger partial charge in [-0.3, -0.25) is 14.4 Å². The molecule has 1 aromatic carbocycles. The van der Waals surface area contributed by atoms with Gasteiger partial charge in [0.2, 0.25) is 0 Å². The molecule has 2 aliphatic carbocycles. The highest BCUT2D eigenvalue weighted by Crippen LogP contribution is 2.56. The molecule has 1 aromatic rings. The third-order valence-electron chi connectivity index (χ3n) is 8.19. The van der Waals surface area contributed by atoms with Gasteiger partial charge in [0.05, 0.1) is 18.6 Å². The fourth-order valence-corrected chi connectivity index (χ4v) is 6.11. The highest BCUT2D eigenvalue weighted by molar-refractivity contribution is 6.04. The van der Waals surface area contributed by atoms with E-state index in [-0.39, 0.29) is 30.6 Å². The number of unbranched alkanes of at least 4 members (excludes halogenated alkanes) is 1. The van der Waals surface area contributed by atoms with Crippen LogP contribution in [0.1, 0.15) is 65.9 Å². The molecule has 0 radical (unpaired) electrons. The smallest absolute Gasteiger partial charge is 0.341 e. The lowest BCUT2D eigenvalue weighted by Gasteiger charge is -2.41. The second-order valence-corrected chi connectivity index (χ2v) is 11.0. The molecule has 10 nitrogen and oxygen atoms in total. The molecule has 0 unspecified atom stereocenters. The summed E-state index contributed by atoms with van der Waals surface area (Å²) < 4.78 is 23.3. The van der Waals surface area contributed by atoms with Gasteiger partial charge in [-0.2, -0.15) is 0 Å². The van der Waals surface area contributed by atoms with Crippen LogP contribution in [0.2, 0.25) is 0 Å². The first-order valence-corrected chi connectivity index (χ1v) is 13.2. The molecule has 212 valence electrons. The summed E-state index contributed by atoms with van der Waals surface area (Å²) in [5.74, 6) is -4.00. The van der Waals surface area contributed by atoms with Crippen molar-refractivity contribution in [2.24, 2.45) is 5.92 Å². The number of ketones is 1. The second-order valence-electron chi connectivity index (χ2n) is 11.0. The van der Waals surface area contributed by atoms with E-state index in [0.29, 0.717) is 6.42 Å². The molecule has 3 aliphatic rings. The predicted molar refractivity (Wildman–Crippen MR) is 136 cm³/mol. The van der Waals surface area contributed by atoms with Crippen molar-refractivity contribution in [3.63, 3.8) is 0 Å². The number of hydrogen-bond donors (Lipinski definition) is 2. The number of aliphatic hydroxyl groups is 2. The van der Waals surface area contributed by atoms with Crippen molar-refractivity contribution in [1.82, 2.24) is 0 Å². The number of Topliss-reactive ketones (excluding diaryl/α,β-unsaturated/α-hetero) is 1. The van der Waals surface area contributed by atoms with Gasteiger partial charge in [-0.15, -0.1) is 0 Å². The standard InChI is InChI=1S/C29H36O10/c1-6-7-13-20(31)37-24-22-21(16(2)23(24)32)25-29(35,28(5,34)26(33)38-25)19(14-27(22,4)39-17(3)30)36-15-18-11-9-8-10-12-18/h8-12,19,22,24-25,34-35H,6-7,13-15H2,1-5H3/t19-,22-,24+,25+,27+,28-,29-/m1/s1. The Morgan fingerprint density at radius 1 is 1.13 bits per heavy atom. The molecule has 1 saturated carbocycles. The first-order valence-electron chi connectivity index (χ1n) is 13.2. The topological polar surface area (TPSA) is 146 Å². The molecule has 2 N–H and O–H groups in total. The summed E-state index contributed by atoms with van der Waals surface area (Å²) in [7, 11) is 0. The molecule has 2 fully saturated rings. The molecule has 7 atom stereocenters. The van der Waals surface area contributed by atoms with Gasteiger partial charge in [0.25, 0.3) is 0 Å². The maximum absolute atomic E-state index is 13.5. The molecule has 1 aliphatic heterocycles. The van der Waals surface area contributed by atoms with Gasteiger partial charge in [-0.05, 0) is 43.9 Å². The highest BCUT2D eigenvalue weighted by Gasteiger charge is 2.75. The Bertz CT molecular complexity index is 1190. The Morgan fingerprint density at radius 2 is 1.79 bits per heavy atom. The number of fused-ring (bicyclic) bond motifs is 3. The van der Waals surface area contributed by atoms with Gasteiger partial charge in [-0.25, -0.2) is 4.79 Å². The van der Waals surface area contributed by atoms with Crippen LogP contribution in [0.3, 0.4) is 0 Å². The van der Waals surface area contributed by atoms with E-state index < -0.39 is 64.7 Å². The van der Waals surface area contributed by atoms with Crippen molar-refractivity contribution in [3.8, 4) is 0 Å². The van der Waals surface area contributed by atoms with Gasteiger partial charge < -0.3 is 29.2 Å². The maximum Gasteiger partial charge on any atom is 0.341 e. The van der Waals surface area contributed by atoms with Crippen LogP contribution < -0.4 is 0 Å². The lowest BCUT2D eigenvalue weighted by molar-refractivity contribution is -0.211. The minimum atomic E-state index is -2.43. The molecular formula is C29H36O10. The van der Waals surface area contributed by atoms with Gasteiger partial charge >= 0.3 is 17.9 Å². The first-order chi connectivity index (χ1) is 18.3. The molecule has 4 rings (SSSR count). The van der Waals surface area contributed by atoms with Crippen molar-refractivity contribution < 1.29 is 48.3 Å². The summed E-state index contributed by atoms with van der Waals surface area (Å²) in [4.78, 5) is 51.5. The van der Waals surface area contributed by atoms with Crippen molar-refractivity contribution in [2.75, 3.05) is 0 Å². The molecule has 10 heteroatoms. The van der Waals surface area contributed by atoms with Gasteiger partial charge in [0.1, 0.15) is 5.60 Å². The number of ether oxygens (including phenoxy) is 4. The largest absolute Gasteiger partial charge is 0.459 e. The van der Waals surface area contributed by atoms with E-state index >= 15 is 0 Å². The average molecular weight is 545 g/mol. The third-order valence-corrected chi connectivity index (χ3v) is 8.19. The summed E-state index contributed by atoms with van der Waals surface area (Å²) in [6.45, 7) is 7.29. The van der Waals surface area contributed by atoms with E-state index in [9.17, 15) is 29.4 Å². The van der Waals surface area contributed by atoms with Crippen LogP contribution in [0, 0.1) is 5.92 Å². The molecule has 0 bridgehead atoms. The van der Waals surface area contributed by atoms with E-state index in [1.54, 1.807) is 6.92 Å². The van der Waals surface area contributed by atoms with Crippen molar-refractivity contribution >= 4 is 23.7 Å². The summed E-state index contributed by atoms with van der Waals surface area (Å²) in [6.07, 6.45) is -3.05. The van der Waals surface area contributed by atoms with Gasteiger partial charge in [0, 0.05) is 19.8 Å². The third kappa shape index (κ3) is 4.79.